The molecule has 1 saturated carbocycles. The van der Waals surface area contributed by atoms with E-state index in [0.717, 1.165) is 30.8 Å². The van der Waals surface area contributed by atoms with Crippen LogP contribution in [0.1, 0.15) is 19.8 Å². The lowest BCUT2D eigenvalue weighted by Gasteiger charge is -2.19. The van der Waals surface area contributed by atoms with Crippen LogP contribution in [0.25, 0.3) is 0 Å². The Kier molecular flexibility index (Phi) is 2.35. The van der Waals surface area contributed by atoms with Crippen LogP contribution in [0.15, 0.2) is 0 Å². The van der Waals surface area contributed by atoms with Gasteiger partial charge in [-0.05, 0) is 17.8 Å². The van der Waals surface area contributed by atoms with Gasteiger partial charge in [0.1, 0.15) is 0 Å². The first-order valence-electron chi connectivity index (χ1n) is 5.36. The van der Waals surface area contributed by atoms with Gasteiger partial charge in [0.25, 0.3) is 0 Å². The molecule has 2 atom stereocenters. The van der Waals surface area contributed by atoms with Gasteiger partial charge in [-0.25, -0.2) is 0 Å². The number of hydrogen-bond donors (Lipinski definition) is 0. The second-order valence-electron chi connectivity index (χ2n) is 4.31. The molecule has 0 aromatic carbocycles. The SMILES string of the molecule is C[B]C(=O)N1CC2C(CCC)C2C1. The predicted octanol–water partition coefficient (Wildman–Crippen LogP) is 1.84. The van der Waals surface area contributed by atoms with Crippen LogP contribution in [0.5, 0.6) is 0 Å². The Morgan fingerprint density at radius 3 is 2.54 bits per heavy atom. The zero-order valence-electron chi connectivity index (χ0n) is 8.49. The van der Waals surface area contributed by atoms with Crippen LogP contribution < -0.4 is 0 Å². The van der Waals surface area contributed by atoms with Gasteiger partial charge in [-0.3, -0.25) is 4.79 Å². The van der Waals surface area contributed by atoms with Crippen molar-refractivity contribution < 1.29 is 4.79 Å². The second-order valence-corrected chi connectivity index (χ2v) is 4.31. The minimum Gasteiger partial charge on any atom is -0.351 e. The summed E-state index contributed by atoms with van der Waals surface area (Å²) in [4.78, 5) is 13.3. The third-order valence-electron chi connectivity index (χ3n) is 3.55. The van der Waals surface area contributed by atoms with Crippen LogP contribution >= 0.6 is 0 Å². The zero-order chi connectivity index (χ0) is 9.42. The van der Waals surface area contributed by atoms with E-state index in [-0.39, 0.29) is 5.81 Å². The third-order valence-corrected chi connectivity index (χ3v) is 3.55. The number of piperidine rings is 1. The van der Waals surface area contributed by atoms with Gasteiger partial charge in [-0.15, -0.1) is 0 Å². The van der Waals surface area contributed by atoms with Gasteiger partial charge in [-0.1, -0.05) is 26.6 Å². The number of nitrogens with zero attached hydrogens (tertiary/aromatic N) is 1. The second kappa shape index (κ2) is 3.35. The summed E-state index contributed by atoms with van der Waals surface area (Å²) in [6.45, 7) is 6.13. The minimum atomic E-state index is 0.224. The molecule has 0 spiro atoms. The summed E-state index contributed by atoms with van der Waals surface area (Å²) in [6, 6.07) is 0. The van der Waals surface area contributed by atoms with Crippen molar-refractivity contribution in [3.8, 4) is 0 Å². The predicted molar refractivity (Wildman–Crippen MR) is 54.0 cm³/mol. The molecule has 3 heteroatoms. The molecule has 2 rings (SSSR count). The molecule has 13 heavy (non-hydrogen) atoms. The number of rotatable bonds is 3. The fourth-order valence-corrected chi connectivity index (χ4v) is 2.77. The van der Waals surface area contributed by atoms with Crippen molar-refractivity contribution in [2.24, 2.45) is 17.8 Å². The first-order chi connectivity index (χ1) is 6.27. The number of carbonyl (C=O) groups is 1. The summed E-state index contributed by atoms with van der Waals surface area (Å²) in [6.07, 6.45) is 2.67. The molecule has 0 aromatic rings. The van der Waals surface area contributed by atoms with E-state index in [9.17, 15) is 4.79 Å². The van der Waals surface area contributed by atoms with Crippen LogP contribution in [0.2, 0.25) is 6.82 Å². The molecule has 0 aromatic heterocycles. The normalized spacial score (nSPS) is 35.8. The highest BCUT2D eigenvalue weighted by Crippen LogP contribution is 2.53. The maximum atomic E-state index is 11.3. The fourth-order valence-electron chi connectivity index (χ4n) is 2.77. The van der Waals surface area contributed by atoms with E-state index >= 15 is 0 Å². The summed E-state index contributed by atoms with van der Waals surface area (Å²) in [5.41, 5.74) is 0. The van der Waals surface area contributed by atoms with Crippen molar-refractivity contribution in [3.63, 3.8) is 0 Å². The average Bonchev–Trinajstić information content (AvgIpc) is 2.64. The van der Waals surface area contributed by atoms with Gasteiger partial charge in [-0.2, -0.15) is 0 Å². The van der Waals surface area contributed by atoms with Crippen LogP contribution in [0.3, 0.4) is 0 Å². The van der Waals surface area contributed by atoms with E-state index < -0.39 is 0 Å². The van der Waals surface area contributed by atoms with Gasteiger partial charge in [0.05, 0.1) is 0 Å². The molecule has 1 aliphatic carbocycles. The lowest BCUT2D eigenvalue weighted by molar-refractivity contribution is 0.223. The van der Waals surface area contributed by atoms with Crippen molar-refractivity contribution in [2.45, 2.75) is 26.6 Å². The molecule has 2 nitrogen and oxygen atoms in total. The number of fused-ring (bicyclic) bond motifs is 1. The number of carbonyl (C=O) groups excluding carboxylic acids is 1. The van der Waals surface area contributed by atoms with Crippen LogP contribution in [0.4, 0.5) is 4.79 Å². The summed E-state index contributed by atoms with van der Waals surface area (Å²) < 4.78 is 0. The van der Waals surface area contributed by atoms with Gasteiger partial charge in [0, 0.05) is 13.1 Å². The molecule has 0 bridgehead atoms. The van der Waals surface area contributed by atoms with Crippen molar-refractivity contribution >= 4 is 13.1 Å². The molecule has 1 saturated heterocycles. The maximum absolute atomic E-state index is 11.3. The van der Waals surface area contributed by atoms with Crippen LogP contribution in [0, 0.1) is 17.8 Å². The molecule has 1 aliphatic heterocycles. The summed E-state index contributed by atoms with van der Waals surface area (Å²) in [7, 11) is 1.68. The van der Waals surface area contributed by atoms with Crippen molar-refractivity contribution in [1.82, 2.24) is 4.90 Å². The first kappa shape index (κ1) is 9.10. The van der Waals surface area contributed by atoms with Gasteiger partial charge in [0.15, 0.2) is 5.81 Å². The minimum absolute atomic E-state index is 0.224. The lowest BCUT2D eigenvalue weighted by atomic mass is 9.80. The van der Waals surface area contributed by atoms with Crippen molar-refractivity contribution in [2.75, 3.05) is 13.1 Å². The highest BCUT2D eigenvalue weighted by Gasteiger charge is 2.55. The summed E-state index contributed by atoms with van der Waals surface area (Å²) in [5.74, 6) is 2.88. The smallest absolute Gasteiger partial charge is 0.229 e. The molecule has 2 fully saturated rings. The van der Waals surface area contributed by atoms with Gasteiger partial charge < -0.3 is 4.90 Å². The highest BCUT2D eigenvalue weighted by atomic mass is 16.2. The van der Waals surface area contributed by atoms with Crippen LogP contribution in [-0.2, 0) is 0 Å². The molecule has 1 amide bonds. The number of likely N-dealkylation sites (tertiary alicyclic amines) is 1. The Bertz CT molecular complexity index is 207. The summed E-state index contributed by atoms with van der Waals surface area (Å²) in [5, 5.41) is 0. The molecule has 2 aliphatic rings. The maximum Gasteiger partial charge on any atom is 0.229 e. The quantitative estimate of drug-likeness (QED) is 0.603. The summed E-state index contributed by atoms with van der Waals surface area (Å²) >= 11 is 0. The lowest BCUT2D eigenvalue weighted by Crippen LogP contribution is -2.33. The van der Waals surface area contributed by atoms with Crippen molar-refractivity contribution in [1.29, 1.82) is 0 Å². The van der Waals surface area contributed by atoms with Gasteiger partial charge >= 0.3 is 0 Å². The van der Waals surface area contributed by atoms with E-state index in [1.54, 1.807) is 7.28 Å². The Balaban J connectivity index is 1.80. The van der Waals surface area contributed by atoms with E-state index in [1.165, 1.54) is 12.8 Å². The molecule has 0 N–H and O–H groups in total. The molecule has 71 valence electrons. The van der Waals surface area contributed by atoms with Gasteiger partial charge in [0.2, 0.25) is 7.28 Å². The van der Waals surface area contributed by atoms with Crippen molar-refractivity contribution in [3.05, 3.63) is 0 Å². The Morgan fingerprint density at radius 1 is 1.46 bits per heavy atom. The van der Waals surface area contributed by atoms with E-state index in [0.29, 0.717) is 0 Å². The topological polar surface area (TPSA) is 20.3 Å². The van der Waals surface area contributed by atoms with E-state index in [1.807, 2.05) is 11.7 Å². The molecule has 1 heterocycles. The monoisotopic (exact) mass is 178 g/mol. The first-order valence-corrected chi connectivity index (χ1v) is 5.36. The zero-order valence-corrected chi connectivity index (χ0v) is 8.49. The van der Waals surface area contributed by atoms with E-state index in [2.05, 4.69) is 6.92 Å². The van der Waals surface area contributed by atoms with E-state index in [4.69, 9.17) is 0 Å². The number of hydrogen-bond acceptors (Lipinski definition) is 1. The fraction of sp³-hybridized carbons (Fsp3) is 0.900. The molecule has 1 radical (unpaired) electrons. The largest absolute Gasteiger partial charge is 0.351 e. The third kappa shape index (κ3) is 1.49. The molecule has 2 unspecified atom stereocenters. The van der Waals surface area contributed by atoms with Crippen LogP contribution in [-0.4, -0.2) is 31.1 Å². The molecular weight excluding hydrogens is 161 g/mol. The Hall–Kier alpha value is -0.465. The Morgan fingerprint density at radius 2 is 2.08 bits per heavy atom. The average molecular weight is 178 g/mol. The number of amides is 1. The molecular formula is C10H17BNO. The standard InChI is InChI=1S/C10H17BNO/c1-3-4-7-8-5-12(6-9(7)8)10(13)11-2/h7-9H,3-6H2,1-2H3. The Labute approximate surface area is 80.9 Å². The highest BCUT2D eigenvalue weighted by molar-refractivity contribution is 6.72.